The molecule has 11 nitrogen and oxygen atoms in total. The number of carboxylic acid groups (broad SMARTS) is 1. The Labute approximate surface area is 306 Å². The van der Waals surface area contributed by atoms with Crippen LogP contribution in [0.2, 0.25) is 5.02 Å². The molecule has 0 spiro atoms. The quantitative estimate of drug-likeness (QED) is 0.170. The van der Waals surface area contributed by atoms with E-state index in [0.29, 0.717) is 36.3 Å². The van der Waals surface area contributed by atoms with Crippen LogP contribution in [0.4, 0.5) is 4.79 Å². The summed E-state index contributed by atoms with van der Waals surface area (Å²) in [6.07, 6.45) is 2.38. The van der Waals surface area contributed by atoms with E-state index in [9.17, 15) is 14.7 Å². The van der Waals surface area contributed by atoms with Crippen molar-refractivity contribution in [3.05, 3.63) is 64.4 Å². The standard InChI is InChI=1S/C38H43ClN6O5S/c1-7-49-37(48)45-19-26(20-45)44-14-12-23(13-15-44)31-27-17-24(18-40-34(27)43(6)42-31)35-41-28-16-21(2)29(32(36(46)47)50-38(3,4)5)30(33(28)51-35)22-8-10-25(39)11-9-22/h8-11,16-18,23,26,32H,7,12-15,19-20H2,1-6H3,(H,46,47)/t32-/m0/s1. The molecule has 13 heteroatoms. The van der Waals surface area contributed by atoms with Crippen LogP contribution in [0, 0.1) is 6.92 Å². The number of aliphatic carboxylic acids is 1. The van der Waals surface area contributed by atoms with Crippen molar-refractivity contribution in [3.63, 3.8) is 0 Å². The molecule has 2 aliphatic heterocycles. The number of carboxylic acids is 1. The van der Waals surface area contributed by atoms with Crippen LogP contribution < -0.4 is 0 Å². The topological polar surface area (TPSA) is 123 Å². The molecule has 1 N–H and O–H groups in total. The number of hydrogen-bond donors (Lipinski definition) is 1. The Balaban J connectivity index is 1.23. The molecule has 5 heterocycles. The summed E-state index contributed by atoms with van der Waals surface area (Å²) in [6, 6.07) is 11.9. The molecule has 2 saturated heterocycles. The third-order valence-corrected chi connectivity index (χ3v) is 11.2. The molecular formula is C38H43ClN6O5S. The first kappa shape index (κ1) is 35.3. The smallest absolute Gasteiger partial charge is 0.409 e. The summed E-state index contributed by atoms with van der Waals surface area (Å²) in [4.78, 5) is 39.0. The first-order chi connectivity index (χ1) is 24.3. The van der Waals surface area contributed by atoms with Gasteiger partial charge in [0.25, 0.3) is 0 Å². The summed E-state index contributed by atoms with van der Waals surface area (Å²) >= 11 is 7.80. The fourth-order valence-electron chi connectivity index (χ4n) is 7.34. The highest BCUT2D eigenvalue weighted by Gasteiger charge is 2.38. The van der Waals surface area contributed by atoms with Crippen LogP contribution in [0.5, 0.6) is 0 Å². The van der Waals surface area contributed by atoms with Crippen LogP contribution in [0.25, 0.3) is 42.9 Å². The summed E-state index contributed by atoms with van der Waals surface area (Å²) < 4.78 is 14.1. The summed E-state index contributed by atoms with van der Waals surface area (Å²) in [7, 11) is 1.94. The van der Waals surface area contributed by atoms with Gasteiger partial charge in [-0.3, -0.25) is 9.58 Å². The van der Waals surface area contributed by atoms with Crippen molar-refractivity contribution in [2.75, 3.05) is 32.8 Å². The zero-order valence-corrected chi connectivity index (χ0v) is 31.3. The fourth-order valence-corrected chi connectivity index (χ4v) is 8.57. The number of hydrogen-bond acceptors (Lipinski definition) is 9. The maximum Gasteiger partial charge on any atom is 0.409 e. The van der Waals surface area contributed by atoms with E-state index in [1.165, 1.54) is 11.3 Å². The Kier molecular flexibility index (Phi) is 9.55. The Morgan fingerprint density at radius 3 is 2.45 bits per heavy atom. The number of fused-ring (bicyclic) bond motifs is 2. The Hall–Kier alpha value is -4.10. The van der Waals surface area contributed by atoms with Gasteiger partial charge in [-0.1, -0.05) is 23.7 Å². The average Bonchev–Trinajstić information content (AvgIpc) is 3.63. The summed E-state index contributed by atoms with van der Waals surface area (Å²) in [5.41, 5.74) is 5.84. The number of pyridine rings is 1. The van der Waals surface area contributed by atoms with E-state index in [1.807, 2.05) is 82.9 Å². The van der Waals surface area contributed by atoms with Crippen molar-refractivity contribution in [2.24, 2.45) is 7.05 Å². The molecule has 2 aromatic carbocycles. The van der Waals surface area contributed by atoms with Gasteiger partial charge < -0.3 is 19.5 Å². The number of ether oxygens (including phenoxy) is 2. The maximum atomic E-state index is 12.8. The maximum absolute atomic E-state index is 12.8. The molecule has 7 rings (SSSR count). The summed E-state index contributed by atoms with van der Waals surface area (Å²) in [6.45, 7) is 13.0. The van der Waals surface area contributed by atoms with Gasteiger partial charge >= 0.3 is 12.1 Å². The van der Waals surface area contributed by atoms with Crippen molar-refractivity contribution in [2.45, 2.75) is 71.1 Å². The monoisotopic (exact) mass is 730 g/mol. The molecule has 2 fully saturated rings. The van der Waals surface area contributed by atoms with Gasteiger partial charge in [0.15, 0.2) is 11.8 Å². The second-order valence-corrected chi connectivity index (χ2v) is 15.9. The minimum atomic E-state index is -1.19. The molecule has 0 radical (unpaired) electrons. The first-order valence-electron chi connectivity index (χ1n) is 17.4. The molecule has 1 atom stereocenters. The molecule has 1 amide bonds. The number of amides is 1. The zero-order chi connectivity index (χ0) is 36.2. The third kappa shape index (κ3) is 6.94. The van der Waals surface area contributed by atoms with E-state index in [2.05, 4.69) is 11.0 Å². The van der Waals surface area contributed by atoms with Crippen molar-refractivity contribution < 1.29 is 24.2 Å². The largest absolute Gasteiger partial charge is 0.479 e. The number of likely N-dealkylation sites (tertiary alicyclic amines) is 2. The lowest BCUT2D eigenvalue weighted by molar-refractivity contribution is -0.160. The molecular weight excluding hydrogens is 688 g/mol. The van der Waals surface area contributed by atoms with Crippen molar-refractivity contribution in [3.8, 4) is 21.7 Å². The minimum Gasteiger partial charge on any atom is -0.479 e. The van der Waals surface area contributed by atoms with Crippen molar-refractivity contribution in [1.82, 2.24) is 29.5 Å². The van der Waals surface area contributed by atoms with E-state index in [1.54, 1.807) is 4.90 Å². The summed E-state index contributed by atoms with van der Waals surface area (Å²) in [5.74, 6) is -0.764. The lowest BCUT2D eigenvalue weighted by atomic mass is 9.90. The fraction of sp³-hybridized carbons (Fsp3) is 0.447. The van der Waals surface area contributed by atoms with E-state index in [-0.39, 0.29) is 12.0 Å². The Morgan fingerprint density at radius 2 is 1.80 bits per heavy atom. The Morgan fingerprint density at radius 1 is 1.10 bits per heavy atom. The van der Waals surface area contributed by atoms with Crippen LogP contribution in [-0.2, 0) is 21.3 Å². The van der Waals surface area contributed by atoms with Crippen LogP contribution in [-0.4, -0.2) is 91.1 Å². The van der Waals surface area contributed by atoms with Gasteiger partial charge in [-0.05, 0) is 95.9 Å². The number of piperidine rings is 1. The van der Waals surface area contributed by atoms with Crippen LogP contribution in [0.15, 0.2) is 42.6 Å². The normalized spacial score (nSPS) is 16.9. The van der Waals surface area contributed by atoms with E-state index < -0.39 is 17.7 Å². The van der Waals surface area contributed by atoms with Crippen molar-refractivity contribution in [1.29, 1.82) is 0 Å². The second kappa shape index (κ2) is 13.8. The molecule has 51 heavy (non-hydrogen) atoms. The highest BCUT2D eigenvalue weighted by Crippen LogP contribution is 2.45. The molecule has 0 bridgehead atoms. The molecule has 0 aliphatic carbocycles. The van der Waals surface area contributed by atoms with Gasteiger partial charge in [0.1, 0.15) is 5.01 Å². The minimum absolute atomic E-state index is 0.226. The van der Waals surface area contributed by atoms with Gasteiger partial charge in [-0.25, -0.2) is 19.6 Å². The number of nitrogens with zero attached hydrogens (tertiary/aromatic N) is 6. The number of aryl methyl sites for hydroxylation is 2. The van der Waals surface area contributed by atoms with Crippen LogP contribution in [0.3, 0.4) is 0 Å². The molecule has 0 saturated carbocycles. The SMILES string of the molecule is CCOC(=O)N1CC(N2CCC(c3nn(C)c4ncc(-c5nc6cc(C)c([C@H](OC(C)(C)C)C(=O)O)c(-c7ccc(Cl)cc7)c6s5)cc34)CC2)C1. The predicted octanol–water partition coefficient (Wildman–Crippen LogP) is 7.83. The average molecular weight is 731 g/mol. The second-order valence-electron chi connectivity index (χ2n) is 14.5. The molecule has 268 valence electrons. The van der Waals surface area contributed by atoms with E-state index >= 15 is 0 Å². The molecule has 2 aliphatic rings. The van der Waals surface area contributed by atoms with Gasteiger partial charge in [-0.2, -0.15) is 5.10 Å². The highest BCUT2D eigenvalue weighted by molar-refractivity contribution is 7.22. The lowest BCUT2D eigenvalue weighted by Crippen LogP contribution is -2.62. The van der Waals surface area contributed by atoms with Gasteiger partial charge in [0, 0.05) is 65.4 Å². The number of aromatic nitrogens is 4. The summed E-state index contributed by atoms with van der Waals surface area (Å²) in [5, 5.41) is 17.8. The number of carbonyl (C=O) groups excluding carboxylic acids is 1. The predicted molar refractivity (Wildman–Crippen MR) is 199 cm³/mol. The molecule has 3 aromatic heterocycles. The molecule has 0 unspecified atom stereocenters. The number of thiazole rings is 1. The third-order valence-electron chi connectivity index (χ3n) is 9.79. The van der Waals surface area contributed by atoms with Crippen LogP contribution in [0.1, 0.15) is 69.4 Å². The Bertz CT molecular complexity index is 2110. The van der Waals surface area contributed by atoms with Crippen molar-refractivity contribution >= 4 is 56.3 Å². The van der Waals surface area contributed by atoms with Gasteiger partial charge in [-0.15, -0.1) is 11.3 Å². The zero-order valence-electron chi connectivity index (χ0n) is 29.8. The van der Waals surface area contributed by atoms with Crippen LogP contribution >= 0.6 is 22.9 Å². The lowest BCUT2D eigenvalue weighted by Gasteiger charge is -2.46. The van der Waals surface area contributed by atoms with E-state index in [0.717, 1.165) is 80.1 Å². The number of benzene rings is 2. The van der Waals surface area contributed by atoms with Gasteiger partial charge in [0.05, 0.1) is 28.1 Å². The number of halogens is 1. The van der Waals surface area contributed by atoms with Gasteiger partial charge in [0.2, 0.25) is 0 Å². The number of rotatable bonds is 8. The van der Waals surface area contributed by atoms with E-state index in [4.69, 9.17) is 36.1 Å². The highest BCUT2D eigenvalue weighted by atomic mass is 35.5. The number of carbonyl (C=O) groups is 2. The first-order valence-corrected chi connectivity index (χ1v) is 18.6. The molecule has 5 aromatic rings.